The van der Waals surface area contributed by atoms with Crippen molar-refractivity contribution < 1.29 is 26.3 Å². The monoisotopic (exact) mass is 622 g/mol. The van der Waals surface area contributed by atoms with E-state index >= 15 is 0 Å². The fourth-order valence-corrected chi connectivity index (χ4v) is 6.78. The Morgan fingerprint density at radius 3 is 2.43 bits per heavy atom. The maximum atomic E-state index is 13.3. The molecule has 0 amide bonds. The summed E-state index contributed by atoms with van der Waals surface area (Å²) in [6.45, 7) is 4.35. The second-order valence-corrected chi connectivity index (χ2v) is 13.2. The second kappa shape index (κ2) is 10.9. The van der Waals surface area contributed by atoms with Crippen molar-refractivity contribution in [3.8, 4) is 34.1 Å². The number of sulfone groups is 1. The summed E-state index contributed by atoms with van der Waals surface area (Å²) >= 11 is 0. The van der Waals surface area contributed by atoms with Gasteiger partial charge in [0.25, 0.3) is 0 Å². The quantitative estimate of drug-likeness (QED) is 0.226. The molecular weight excluding hydrogens is 593 g/mol. The van der Waals surface area contributed by atoms with Gasteiger partial charge in [0.1, 0.15) is 15.6 Å². The molecule has 4 aromatic heterocycles. The van der Waals surface area contributed by atoms with Crippen molar-refractivity contribution in [3.05, 3.63) is 78.4 Å². The van der Waals surface area contributed by atoms with Gasteiger partial charge in [0.05, 0.1) is 47.1 Å². The van der Waals surface area contributed by atoms with Crippen molar-refractivity contribution in [1.29, 1.82) is 0 Å². The summed E-state index contributed by atoms with van der Waals surface area (Å²) in [6.07, 6.45) is 1.77. The van der Waals surface area contributed by atoms with Gasteiger partial charge in [-0.2, -0.15) is 18.3 Å². The number of nitrogens with zero attached hydrogens (tertiary/aromatic N) is 6. The number of aryl methyl sites for hydroxylation is 1. The number of hydrogen-bond donors (Lipinski definition) is 0. The Labute approximate surface area is 252 Å². The Hall–Kier alpha value is -4.52. The van der Waals surface area contributed by atoms with Crippen LogP contribution in [0.5, 0.6) is 5.75 Å². The van der Waals surface area contributed by atoms with Crippen molar-refractivity contribution in [3.63, 3.8) is 0 Å². The first-order valence-corrected chi connectivity index (χ1v) is 15.9. The number of ether oxygens (including phenoxy) is 1. The highest BCUT2D eigenvalue weighted by Gasteiger charge is 2.38. The van der Waals surface area contributed by atoms with Crippen LogP contribution in [0, 0.1) is 12.8 Å². The summed E-state index contributed by atoms with van der Waals surface area (Å²) < 4.78 is 71.0. The molecule has 0 bridgehead atoms. The van der Waals surface area contributed by atoms with Gasteiger partial charge in [-0.05, 0) is 44.2 Å². The Kier molecular flexibility index (Phi) is 7.31. The van der Waals surface area contributed by atoms with E-state index < -0.39 is 21.6 Å². The Morgan fingerprint density at radius 2 is 1.77 bits per heavy atom. The molecule has 1 saturated heterocycles. The molecule has 0 spiro atoms. The lowest BCUT2D eigenvalue weighted by Crippen LogP contribution is -2.57. The minimum atomic E-state index is -4.46. The predicted molar refractivity (Wildman–Crippen MR) is 162 cm³/mol. The molecule has 1 aliphatic rings. The Balaban J connectivity index is 1.48. The highest BCUT2D eigenvalue weighted by molar-refractivity contribution is 7.90. The van der Waals surface area contributed by atoms with Crippen LogP contribution in [0.4, 0.5) is 18.9 Å². The van der Waals surface area contributed by atoms with Crippen LogP contribution in [-0.4, -0.2) is 64.9 Å². The highest BCUT2D eigenvalue weighted by Crippen LogP contribution is 2.37. The van der Waals surface area contributed by atoms with E-state index in [0.29, 0.717) is 46.1 Å². The first-order valence-electron chi connectivity index (χ1n) is 13.8. The molecule has 1 aliphatic heterocycles. The highest BCUT2D eigenvalue weighted by atomic mass is 32.2. The Morgan fingerprint density at radius 1 is 1.02 bits per heavy atom. The van der Waals surface area contributed by atoms with E-state index in [1.54, 1.807) is 36.4 Å². The van der Waals surface area contributed by atoms with Crippen LogP contribution in [0.3, 0.4) is 0 Å². The first kappa shape index (κ1) is 29.5. The summed E-state index contributed by atoms with van der Waals surface area (Å²) in [5.74, 6) is 1.08. The summed E-state index contributed by atoms with van der Waals surface area (Å²) in [4.78, 5) is 15.9. The molecule has 44 heavy (non-hydrogen) atoms. The molecule has 1 fully saturated rings. The molecule has 0 radical (unpaired) electrons. The van der Waals surface area contributed by atoms with E-state index in [4.69, 9.17) is 14.7 Å². The van der Waals surface area contributed by atoms with Crippen molar-refractivity contribution in [2.45, 2.75) is 26.1 Å². The third kappa shape index (κ3) is 5.59. The number of pyridine rings is 3. The minimum Gasteiger partial charge on any atom is -0.496 e. The summed E-state index contributed by atoms with van der Waals surface area (Å²) in [5.41, 5.74) is 3.72. The molecule has 0 aliphatic carbocycles. The number of fused-ring (bicyclic) bond motifs is 1. The van der Waals surface area contributed by atoms with Gasteiger partial charge in [-0.15, -0.1) is 0 Å². The standard InChI is InChI=1S/C31H29F3N6O3S/c1-18-24-15-36-40(28(24)13-27(37-18)25-14-35-10-9-29(25)43-3)30-12-23(39-16-21(19(39)2)17-44(4,41)42)11-26(38-30)20-5-7-22(8-6-20)31(32,33)34/h5-15,19,21H,16-17H2,1-4H3/t19-,21-/m1/s1. The maximum absolute atomic E-state index is 13.3. The van der Waals surface area contributed by atoms with Crippen LogP contribution >= 0.6 is 0 Å². The topological polar surface area (TPSA) is 103 Å². The van der Waals surface area contributed by atoms with E-state index in [1.165, 1.54) is 18.4 Å². The van der Waals surface area contributed by atoms with Crippen LogP contribution in [0.25, 0.3) is 39.2 Å². The van der Waals surface area contributed by atoms with Gasteiger partial charge in [0, 0.05) is 65.6 Å². The minimum absolute atomic E-state index is 0.0487. The molecule has 5 heterocycles. The van der Waals surface area contributed by atoms with Crippen LogP contribution in [0.2, 0.25) is 0 Å². The molecule has 5 aromatic rings. The second-order valence-electron chi connectivity index (χ2n) is 11.0. The SMILES string of the molecule is COc1ccncc1-c1cc2c(cnn2-c2cc(N3C[C@H](CS(C)(=O)=O)[C@H]3C)cc(-c3ccc(C(F)(F)F)cc3)n2)c(C)n1. The molecule has 0 unspecified atom stereocenters. The molecule has 6 rings (SSSR count). The zero-order chi connectivity index (χ0) is 31.4. The largest absolute Gasteiger partial charge is 0.496 e. The van der Waals surface area contributed by atoms with Crippen molar-refractivity contribution in [1.82, 2.24) is 24.7 Å². The van der Waals surface area contributed by atoms with E-state index in [1.807, 2.05) is 32.0 Å². The van der Waals surface area contributed by atoms with Crippen LogP contribution in [-0.2, 0) is 16.0 Å². The molecule has 9 nitrogen and oxygen atoms in total. The Bertz CT molecular complexity index is 1980. The van der Waals surface area contributed by atoms with E-state index in [2.05, 4.69) is 15.0 Å². The number of hydrogen-bond acceptors (Lipinski definition) is 8. The zero-order valence-corrected chi connectivity index (χ0v) is 25.2. The summed E-state index contributed by atoms with van der Waals surface area (Å²) in [6, 6.07) is 12.1. The predicted octanol–water partition coefficient (Wildman–Crippen LogP) is 5.75. The van der Waals surface area contributed by atoms with Crippen LogP contribution < -0.4 is 9.64 Å². The van der Waals surface area contributed by atoms with Crippen LogP contribution in [0.1, 0.15) is 18.2 Å². The smallest absolute Gasteiger partial charge is 0.416 e. The molecule has 2 atom stereocenters. The van der Waals surface area contributed by atoms with E-state index in [9.17, 15) is 21.6 Å². The number of halogens is 3. The van der Waals surface area contributed by atoms with E-state index in [0.717, 1.165) is 28.9 Å². The molecule has 228 valence electrons. The first-order chi connectivity index (χ1) is 20.8. The van der Waals surface area contributed by atoms with Gasteiger partial charge in [-0.25, -0.2) is 18.1 Å². The average molecular weight is 623 g/mol. The molecule has 0 N–H and O–H groups in total. The van der Waals surface area contributed by atoms with E-state index in [-0.39, 0.29) is 17.7 Å². The van der Waals surface area contributed by atoms with Gasteiger partial charge >= 0.3 is 6.18 Å². The number of anilines is 1. The van der Waals surface area contributed by atoms with Crippen molar-refractivity contribution >= 4 is 26.4 Å². The molecule has 1 aromatic carbocycles. The lowest BCUT2D eigenvalue weighted by Gasteiger charge is -2.48. The van der Waals surface area contributed by atoms with Gasteiger partial charge in [-0.1, -0.05) is 12.1 Å². The number of alkyl halides is 3. The van der Waals surface area contributed by atoms with Crippen molar-refractivity contribution in [2.75, 3.05) is 30.6 Å². The lowest BCUT2D eigenvalue weighted by atomic mass is 9.91. The summed E-state index contributed by atoms with van der Waals surface area (Å²) in [5, 5.41) is 5.43. The fourth-order valence-electron chi connectivity index (χ4n) is 5.61. The third-order valence-corrected chi connectivity index (χ3v) is 9.04. The number of rotatable bonds is 7. The average Bonchev–Trinajstić information content (AvgIpc) is 3.42. The van der Waals surface area contributed by atoms with Gasteiger partial charge in [-0.3, -0.25) is 9.97 Å². The molecular formula is C31H29F3N6O3S. The molecule has 13 heteroatoms. The number of benzene rings is 1. The summed E-state index contributed by atoms with van der Waals surface area (Å²) in [7, 11) is -1.59. The van der Waals surface area contributed by atoms with Gasteiger partial charge in [0.2, 0.25) is 0 Å². The van der Waals surface area contributed by atoms with Crippen LogP contribution in [0.15, 0.2) is 67.1 Å². The fraction of sp³-hybridized carbons (Fsp3) is 0.290. The van der Waals surface area contributed by atoms with Crippen molar-refractivity contribution in [2.24, 2.45) is 5.92 Å². The number of methoxy groups -OCH3 is 1. The number of aromatic nitrogens is 5. The lowest BCUT2D eigenvalue weighted by molar-refractivity contribution is -0.137. The molecule has 0 saturated carbocycles. The maximum Gasteiger partial charge on any atom is 0.416 e. The van der Waals surface area contributed by atoms with Gasteiger partial charge in [0.15, 0.2) is 5.82 Å². The normalized spacial score (nSPS) is 17.1. The third-order valence-electron chi connectivity index (χ3n) is 8.01. The zero-order valence-electron chi connectivity index (χ0n) is 24.4. The van der Waals surface area contributed by atoms with Gasteiger partial charge < -0.3 is 9.64 Å².